The third-order valence-electron chi connectivity index (χ3n) is 5.40. The Hall–Kier alpha value is -3.74. The van der Waals surface area contributed by atoms with Gasteiger partial charge in [-0.2, -0.15) is 5.26 Å². The van der Waals surface area contributed by atoms with Crippen LogP contribution >= 0.6 is 11.6 Å². The highest BCUT2D eigenvalue weighted by atomic mass is 35.5. The minimum Gasteiger partial charge on any atom is -0.489 e. The zero-order chi connectivity index (χ0) is 22.5. The van der Waals surface area contributed by atoms with Crippen molar-refractivity contribution in [3.8, 4) is 17.5 Å². The summed E-state index contributed by atoms with van der Waals surface area (Å²) in [5.41, 5.74) is 6.59. The maximum absolute atomic E-state index is 9.72. The average Bonchev–Trinajstić information content (AvgIpc) is 3.10. The first-order valence-corrected chi connectivity index (χ1v) is 10.8. The summed E-state index contributed by atoms with van der Waals surface area (Å²) in [5.74, 6) is 0.825. The Morgan fingerprint density at radius 3 is 2.34 bits per heavy atom. The van der Waals surface area contributed by atoms with Crippen LogP contribution in [-0.2, 0) is 6.61 Å². The van der Waals surface area contributed by atoms with Gasteiger partial charge in [-0.1, -0.05) is 60.1 Å². The average molecular weight is 439 g/mol. The Morgan fingerprint density at radius 2 is 1.66 bits per heavy atom. The maximum atomic E-state index is 9.72. The van der Waals surface area contributed by atoms with E-state index >= 15 is 0 Å². The minimum absolute atomic E-state index is 0.537. The predicted molar refractivity (Wildman–Crippen MR) is 131 cm³/mol. The molecule has 0 unspecified atom stereocenters. The van der Waals surface area contributed by atoms with Gasteiger partial charge < -0.3 is 9.30 Å². The molecule has 0 bridgehead atoms. The van der Waals surface area contributed by atoms with Crippen LogP contribution in [-0.4, -0.2) is 4.57 Å². The van der Waals surface area contributed by atoms with E-state index in [1.165, 1.54) is 0 Å². The standard InChI is InChI=1S/C28H23ClN2O/c1-20-16-23(17-24(18-30)27-10-6-7-11-28(27)29)21(2)31(20)25-12-14-26(15-13-25)32-19-22-8-4-3-5-9-22/h3-17H,19H2,1-2H3. The second-order valence-electron chi connectivity index (χ2n) is 7.58. The van der Waals surface area contributed by atoms with E-state index in [0.29, 0.717) is 17.2 Å². The van der Waals surface area contributed by atoms with Gasteiger partial charge in [0.1, 0.15) is 12.4 Å². The van der Waals surface area contributed by atoms with Crippen LogP contribution < -0.4 is 4.74 Å². The molecular weight excluding hydrogens is 416 g/mol. The molecule has 0 atom stereocenters. The smallest absolute Gasteiger partial charge is 0.119 e. The number of nitriles is 1. The highest BCUT2D eigenvalue weighted by Crippen LogP contribution is 2.29. The predicted octanol–water partition coefficient (Wildman–Crippen LogP) is 7.39. The number of hydrogen-bond donors (Lipinski definition) is 0. The van der Waals surface area contributed by atoms with Crippen LogP contribution in [0.15, 0.2) is 84.9 Å². The van der Waals surface area contributed by atoms with Crippen LogP contribution in [0.3, 0.4) is 0 Å². The molecule has 0 aliphatic rings. The first kappa shape index (κ1) is 21.5. The molecular formula is C28H23ClN2O. The summed E-state index contributed by atoms with van der Waals surface area (Å²) in [7, 11) is 0. The van der Waals surface area contributed by atoms with Gasteiger partial charge in [0.2, 0.25) is 0 Å². The first-order valence-electron chi connectivity index (χ1n) is 10.4. The molecule has 0 aliphatic carbocycles. The van der Waals surface area contributed by atoms with E-state index in [9.17, 15) is 5.26 Å². The Bertz CT molecular complexity index is 1300. The minimum atomic E-state index is 0.537. The van der Waals surface area contributed by atoms with Crippen LogP contribution in [0.2, 0.25) is 5.02 Å². The van der Waals surface area contributed by atoms with Crippen molar-refractivity contribution in [1.82, 2.24) is 4.57 Å². The van der Waals surface area contributed by atoms with E-state index < -0.39 is 0 Å². The molecule has 0 saturated heterocycles. The van der Waals surface area contributed by atoms with E-state index in [1.54, 1.807) is 6.07 Å². The van der Waals surface area contributed by atoms with E-state index in [4.69, 9.17) is 16.3 Å². The molecule has 1 aromatic heterocycles. The Morgan fingerprint density at radius 1 is 0.969 bits per heavy atom. The number of ether oxygens (including phenoxy) is 1. The van der Waals surface area contributed by atoms with Gasteiger partial charge in [-0.25, -0.2) is 0 Å². The number of allylic oxidation sites excluding steroid dienone is 1. The fourth-order valence-corrected chi connectivity index (χ4v) is 4.01. The number of benzene rings is 3. The topological polar surface area (TPSA) is 38.0 Å². The summed E-state index contributed by atoms with van der Waals surface area (Å²) in [6.45, 7) is 4.65. The van der Waals surface area contributed by atoms with E-state index in [-0.39, 0.29) is 0 Å². The molecule has 3 nitrogen and oxygen atoms in total. The second-order valence-corrected chi connectivity index (χ2v) is 7.99. The van der Waals surface area contributed by atoms with Crippen molar-refractivity contribution in [3.63, 3.8) is 0 Å². The monoisotopic (exact) mass is 438 g/mol. The molecule has 3 aromatic carbocycles. The van der Waals surface area contributed by atoms with Gasteiger partial charge >= 0.3 is 0 Å². The molecule has 0 N–H and O–H groups in total. The summed E-state index contributed by atoms with van der Waals surface area (Å²) in [5, 5.41) is 10.3. The number of hydrogen-bond acceptors (Lipinski definition) is 2. The van der Waals surface area contributed by atoms with Crippen molar-refractivity contribution in [2.24, 2.45) is 0 Å². The van der Waals surface area contributed by atoms with E-state index in [1.807, 2.05) is 78.9 Å². The third kappa shape index (κ3) is 4.61. The van der Waals surface area contributed by atoms with Gasteiger partial charge in [0.05, 0.1) is 11.6 Å². The van der Waals surface area contributed by atoms with Gasteiger partial charge in [-0.15, -0.1) is 0 Å². The summed E-state index contributed by atoms with van der Waals surface area (Å²) in [4.78, 5) is 0. The number of halogens is 1. The summed E-state index contributed by atoms with van der Waals surface area (Å²) in [6.07, 6.45) is 1.90. The summed E-state index contributed by atoms with van der Waals surface area (Å²) in [6, 6.07) is 30.0. The molecule has 0 amide bonds. The van der Waals surface area contributed by atoms with Crippen LogP contribution in [0.4, 0.5) is 0 Å². The molecule has 32 heavy (non-hydrogen) atoms. The van der Waals surface area contributed by atoms with Crippen molar-refractivity contribution in [3.05, 3.63) is 118 Å². The molecule has 4 aromatic rings. The Kier molecular flexibility index (Phi) is 6.44. The number of nitrogens with zero attached hydrogens (tertiary/aromatic N) is 2. The van der Waals surface area contributed by atoms with Crippen molar-refractivity contribution in [2.75, 3.05) is 0 Å². The van der Waals surface area contributed by atoms with Crippen molar-refractivity contribution in [2.45, 2.75) is 20.5 Å². The second kappa shape index (κ2) is 9.60. The van der Waals surface area contributed by atoms with Crippen molar-refractivity contribution >= 4 is 23.3 Å². The summed E-state index contributed by atoms with van der Waals surface area (Å²) < 4.78 is 8.08. The third-order valence-corrected chi connectivity index (χ3v) is 5.73. The van der Waals surface area contributed by atoms with Crippen LogP contribution in [0.1, 0.15) is 28.1 Å². The lowest BCUT2D eigenvalue weighted by Crippen LogP contribution is -2.00. The molecule has 158 valence electrons. The molecule has 0 radical (unpaired) electrons. The maximum Gasteiger partial charge on any atom is 0.119 e. The van der Waals surface area contributed by atoms with E-state index in [2.05, 4.69) is 30.6 Å². The van der Waals surface area contributed by atoms with Crippen molar-refractivity contribution in [1.29, 1.82) is 5.26 Å². The Labute approximate surface area is 193 Å². The lowest BCUT2D eigenvalue weighted by Gasteiger charge is -2.12. The summed E-state index contributed by atoms with van der Waals surface area (Å²) >= 11 is 6.31. The number of rotatable bonds is 6. The molecule has 1 heterocycles. The van der Waals surface area contributed by atoms with Gasteiger partial charge in [-0.05, 0) is 67.4 Å². The fraction of sp³-hybridized carbons (Fsp3) is 0.107. The molecule has 0 saturated carbocycles. The fourth-order valence-electron chi connectivity index (χ4n) is 3.77. The zero-order valence-electron chi connectivity index (χ0n) is 18.0. The molecule has 0 spiro atoms. The number of aryl methyl sites for hydroxylation is 1. The van der Waals surface area contributed by atoms with Gasteiger partial charge in [0, 0.05) is 27.7 Å². The van der Waals surface area contributed by atoms with Gasteiger partial charge in [0.25, 0.3) is 0 Å². The molecule has 4 heteroatoms. The quantitative estimate of drug-likeness (QED) is 0.294. The zero-order valence-corrected chi connectivity index (χ0v) is 18.8. The first-order chi connectivity index (χ1) is 15.6. The number of aromatic nitrogens is 1. The molecule has 0 aliphatic heterocycles. The van der Waals surface area contributed by atoms with Crippen LogP contribution in [0.25, 0.3) is 17.3 Å². The normalized spacial score (nSPS) is 11.2. The highest BCUT2D eigenvalue weighted by molar-refractivity contribution is 6.32. The largest absolute Gasteiger partial charge is 0.489 e. The molecule has 4 rings (SSSR count). The highest BCUT2D eigenvalue weighted by Gasteiger charge is 2.12. The van der Waals surface area contributed by atoms with Gasteiger partial charge in [-0.3, -0.25) is 0 Å². The van der Waals surface area contributed by atoms with Gasteiger partial charge in [0.15, 0.2) is 0 Å². The Balaban J connectivity index is 1.59. The van der Waals surface area contributed by atoms with Crippen LogP contribution in [0.5, 0.6) is 5.75 Å². The van der Waals surface area contributed by atoms with Crippen molar-refractivity contribution < 1.29 is 4.74 Å². The molecule has 0 fully saturated rings. The van der Waals surface area contributed by atoms with E-state index in [0.717, 1.165) is 39.5 Å². The van der Waals surface area contributed by atoms with Crippen LogP contribution in [0, 0.1) is 25.2 Å². The lowest BCUT2D eigenvalue weighted by atomic mass is 10.0. The lowest BCUT2D eigenvalue weighted by molar-refractivity contribution is 0.306. The SMILES string of the molecule is Cc1cc(C=C(C#N)c2ccccc2Cl)c(C)n1-c1ccc(OCc2ccccc2)cc1.